The van der Waals surface area contributed by atoms with Crippen LogP contribution in [0.5, 0.6) is 0 Å². The third kappa shape index (κ3) is 12.9. The fourth-order valence-electron chi connectivity index (χ4n) is 6.30. The smallest absolute Gasteiger partial charge is 0.270 e. The molecule has 0 amide bonds. The number of benzene rings is 3. The Kier molecular flexibility index (Phi) is 24.1. The van der Waals surface area contributed by atoms with E-state index >= 15 is 0 Å². The molecule has 0 saturated carbocycles. The Bertz CT molecular complexity index is 1880. The van der Waals surface area contributed by atoms with Gasteiger partial charge in [0.2, 0.25) is 0 Å². The molecule has 0 N–H and O–H groups in total. The van der Waals surface area contributed by atoms with E-state index in [9.17, 15) is 10.1 Å². The Morgan fingerprint density at radius 2 is 0.893 bits per heavy atom. The van der Waals surface area contributed by atoms with Crippen molar-refractivity contribution in [1.82, 2.24) is 9.97 Å². The molecule has 2 aromatic heterocycles. The van der Waals surface area contributed by atoms with Crippen molar-refractivity contribution in [3.63, 3.8) is 0 Å². The first kappa shape index (κ1) is 54.9. The van der Waals surface area contributed by atoms with Crippen molar-refractivity contribution >= 4 is 29.5 Å². The maximum absolute atomic E-state index is 12.5. The van der Waals surface area contributed by atoms with E-state index in [0.29, 0.717) is 0 Å². The van der Waals surface area contributed by atoms with Crippen LogP contribution in [0.1, 0.15) is 118 Å². The fraction of sp³-hybridized carbons (Fsp3) is 0.302. The predicted octanol–water partition coefficient (Wildman–Crippen LogP) is 0.0330. The fourth-order valence-corrected chi connectivity index (χ4v) is 6.30. The van der Waals surface area contributed by atoms with Gasteiger partial charge >= 0.3 is 0 Å². The standard InChI is InChI=1S/C43H47N5O2.4ClH.2Ni/c1-26(2)36-18-31(19-37(27(3)4)42(36)46-24-33-14-10-12-16-44-33)40-22-35(48(49)50)23-41(30(40)9)32-20-38(28(5)6)43(39(21-32)29(7)8)47-25-34-15-11-13-17-45-34;;;;;;/h10-29H,1-9H3;4*1H;;/p-4. The molecule has 0 spiro atoms. The van der Waals surface area contributed by atoms with Crippen molar-refractivity contribution in [3.8, 4) is 22.3 Å². The van der Waals surface area contributed by atoms with E-state index in [4.69, 9.17) is 9.98 Å². The van der Waals surface area contributed by atoms with Crippen LogP contribution in [-0.4, -0.2) is 27.3 Å². The average Bonchev–Trinajstić information content (AvgIpc) is 3.09. The zero-order valence-corrected chi connectivity index (χ0v) is 37.7. The Morgan fingerprint density at radius 3 is 1.14 bits per heavy atom. The van der Waals surface area contributed by atoms with Crippen LogP contribution in [0.3, 0.4) is 0 Å². The van der Waals surface area contributed by atoms with E-state index in [0.717, 1.165) is 72.8 Å². The van der Waals surface area contributed by atoms with Gasteiger partial charge in [0, 0.05) is 57.5 Å². The molecular weight excluding hydrogens is 878 g/mol. The van der Waals surface area contributed by atoms with Gasteiger partial charge in [-0.25, -0.2) is 0 Å². The van der Waals surface area contributed by atoms with Crippen molar-refractivity contribution in [3.05, 3.63) is 135 Å². The summed E-state index contributed by atoms with van der Waals surface area (Å²) in [5, 5.41) is 12.5. The van der Waals surface area contributed by atoms with Crippen LogP contribution in [0, 0.1) is 17.0 Å². The molecule has 3 aromatic carbocycles. The number of pyridine rings is 2. The number of nitrogens with zero attached hydrogens (tertiary/aromatic N) is 5. The van der Waals surface area contributed by atoms with Gasteiger partial charge in [-0.2, -0.15) is 0 Å². The van der Waals surface area contributed by atoms with Crippen molar-refractivity contribution in [1.29, 1.82) is 0 Å². The zero-order valence-electron chi connectivity index (χ0n) is 32.7. The Balaban J connectivity index is 0. The third-order valence-corrected chi connectivity index (χ3v) is 9.08. The average molecular weight is 925 g/mol. The predicted molar refractivity (Wildman–Crippen MR) is 208 cm³/mol. The second-order valence-corrected chi connectivity index (χ2v) is 14.1. The summed E-state index contributed by atoms with van der Waals surface area (Å²) in [6, 6.07) is 23.6. The van der Waals surface area contributed by atoms with E-state index in [2.05, 4.69) is 96.5 Å². The summed E-state index contributed by atoms with van der Waals surface area (Å²) < 4.78 is 0. The summed E-state index contributed by atoms with van der Waals surface area (Å²) >= 11 is 0. The molecule has 0 fully saturated rings. The minimum Gasteiger partial charge on any atom is -1.00 e. The minimum atomic E-state index is -0.289. The molecule has 0 aliphatic heterocycles. The number of nitro benzene ring substituents is 1. The van der Waals surface area contributed by atoms with E-state index in [1.54, 1.807) is 24.5 Å². The number of aromatic nitrogens is 2. The van der Waals surface area contributed by atoms with Gasteiger partial charge in [-0.05, 0) is 129 Å². The Morgan fingerprint density at radius 1 is 0.571 bits per heavy atom. The van der Waals surface area contributed by atoms with E-state index in [1.807, 2.05) is 48.8 Å². The maximum Gasteiger partial charge on any atom is 0.270 e. The van der Waals surface area contributed by atoms with Gasteiger partial charge in [0.25, 0.3) is 5.69 Å². The number of hydrogen-bond donors (Lipinski definition) is 0. The molecule has 2 heterocycles. The zero-order chi connectivity index (χ0) is 36.1. The van der Waals surface area contributed by atoms with Crippen LogP contribution in [0.4, 0.5) is 17.1 Å². The Hall–Kier alpha value is -3.15. The molecular formula is C43H47Cl4N5Ni2O2-4. The minimum absolute atomic E-state index is 0. The molecule has 0 aliphatic rings. The summed E-state index contributed by atoms with van der Waals surface area (Å²) in [6.45, 7) is 19.4. The number of rotatable bonds is 11. The van der Waals surface area contributed by atoms with Gasteiger partial charge in [0.1, 0.15) is 0 Å². The van der Waals surface area contributed by atoms with Crippen molar-refractivity contribution in [2.75, 3.05) is 0 Å². The van der Waals surface area contributed by atoms with Crippen LogP contribution in [0.25, 0.3) is 22.3 Å². The SMILES string of the molecule is Cc1c(-c2cc(C(C)C)c(N=Cc3ccccn3)c(C(C)C)c2)cc([N+](=O)[O-])cc1-c1cc(C(C)C)c(N=Cc2ccccn2)c(C(C)C)c1.[Cl-].[Cl-].[Cl-].[Cl-].[Ni].[Ni]. The number of non-ortho nitro benzene ring substituents is 1. The van der Waals surface area contributed by atoms with Crippen LogP contribution in [-0.2, 0) is 33.0 Å². The monoisotopic (exact) mass is 921 g/mol. The number of halogens is 4. The van der Waals surface area contributed by atoms with Gasteiger partial charge in [0.05, 0.1) is 40.1 Å². The van der Waals surface area contributed by atoms with E-state index in [1.165, 1.54) is 0 Å². The number of nitro groups is 1. The Labute approximate surface area is 377 Å². The van der Waals surface area contributed by atoms with Crippen LogP contribution in [0.15, 0.2) is 95.2 Å². The first-order valence-electron chi connectivity index (χ1n) is 17.4. The molecule has 0 unspecified atom stereocenters. The first-order chi connectivity index (χ1) is 23.8. The van der Waals surface area contributed by atoms with Gasteiger partial charge in [-0.15, -0.1) is 0 Å². The molecule has 0 bridgehead atoms. The molecule has 0 aliphatic carbocycles. The van der Waals surface area contributed by atoms with Crippen molar-refractivity contribution in [2.45, 2.75) is 86.0 Å². The number of hydrogen-bond acceptors (Lipinski definition) is 6. The van der Waals surface area contributed by atoms with Gasteiger partial charge in [-0.3, -0.25) is 30.1 Å². The molecule has 7 nitrogen and oxygen atoms in total. The van der Waals surface area contributed by atoms with Crippen LogP contribution in [0.2, 0.25) is 0 Å². The molecule has 0 radical (unpaired) electrons. The van der Waals surface area contributed by atoms with Gasteiger partial charge in [0.15, 0.2) is 0 Å². The second kappa shape index (κ2) is 24.6. The van der Waals surface area contributed by atoms with E-state index in [-0.39, 0.29) is 117 Å². The number of aliphatic imine (C=N–C) groups is 2. The summed E-state index contributed by atoms with van der Waals surface area (Å²) in [5.74, 6) is 0.678. The van der Waals surface area contributed by atoms with Gasteiger partial charge in [-0.1, -0.05) is 67.5 Å². The molecule has 0 saturated heterocycles. The largest absolute Gasteiger partial charge is 1.00 e. The summed E-state index contributed by atoms with van der Waals surface area (Å²) in [6.07, 6.45) is 7.15. The van der Waals surface area contributed by atoms with Crippen molar-refractivity contribution in [2.24, 2.45) is 9.98 Å². The molecule has 0 atom stereocenters. The van der Waals surface area contributed by atoms with Crippen molar-refractivity contribution < 1.29 is 87.5 Å². The molecule has 5 aromatic rings. The van der Waals surface area contributed by atoms with E-state index < -0.39 is 0 Å². The first-order valence-corrected chi connectivity index (χ1v) is 17.4. The topological polar surface area (TPSA) is 93.6 Å². The second-order valence-electron chi connectivity index (χ2n) is 14.1. The summed E-state index contributed by atoms with van der Waals surface area (Å²) in [4.78, 5) is 31.0. The van der Waals surface area contributed by atoms with Gasteiger partial charge < -0.3 is 49.6 Å². The molecule has 13 heteroatoms. The molecule has 56 heavy (non-hydrogen) atoms. The van der Waals surface area contributed by atoms with Crippen LogP contribution < -0.4 is 49.6 Å². The molecule has 308 valence electrons. The summed E-state index contributed by atoms with van der Waals surface area (Å²) in [7, 11) is 0. The normalized spacial score (nSPS) is 10.7. The quantitative estimate of drug-likeness (QED) is 0.0811. The third-order valence-electron chi connectivity index (χ3n) is 9.08. The maximum atomic E-state index is 12.5. The summed E-state index contributed by atoms with van der Waals surface area (Å²) in [5.41, 5.74) is 12.4. The van der Waals surface area contributed by atoms with Crippen LogP contribution >= 0.6 is 0 Å². The molecule has 5 rings (SSSR count).